The number of carbonyl (C=O) groups is 2. The van der Waals surface area contributed by atoms with Gasteiger partial charge in [0.25, 0.3) is 0 Å². The average Bonchev–Trinajstić information content (AvgIpc) is 2.65. The molecular formula is C22H42O4S2. The summed E-state index contributed by atoms with van der Waals surface area (Å²) in [5, 5.41) is 17.3. The summed E-state index contributed by atoms with van der Waals surface area (Å²) in [5.74, 6) is -1.78. The van der Waals surface area contributed by atoms with Gasteiger partial charge in [-0.15, -0.1) is 0 Å². The van der Waals surface area contributed by atoms with Crippen LogP contribution in [0.5, 0.6) is 0 Å². The first-order valence-corrected chi connectivity index (χ1v) is 13.7. The van der Waals surface area contributed by atoms with Crippen LogP contribution in [0, 0.1) is 0 Å². The number of hydrogen-bond acceptors (Lipinski definition) is 4. The summed E-state index contributed by atoms with van der Waals surface area (Å²) in [7, 11) is 2.30. The Morgan fingerprint density at radius 2 is 1.07 bits per heavy atom. The molecule has 0 amide bonds. The molecule has 4 nitrogen and oxygen atoms in total. The van der Waals surface area contributed by atoms with E-state index in [-0.39, 0.29) is 5.75 Å². The number of aliphatic carboxylic acids is 2. The monoisotopic (exact) mass is 434 g/mol. The lowest BCUT2D eigenvalue weighted by atomic mass is 10.0. The molecule has 0 aromatic rings. The summed E-state index contributed by atoms with van der Waals surface area (Å²) < 4.78 is 0. The van der Waals surface area contributed by atoms with Crippen molar-refractivity contribution in [2.45, 2.75) is 121 Å². The summed E-state index contributed by atoms with van der Waals surface area (Å²) >= 11 is 0. The summed E-state index contributed by atoms with van der Waals surface area (Å²) in [6, 6.07) is 0. The summed E-state index contributed by atoms with van der Waals surface area (Å²) in [4.78, 5) is 21.7. The molecule has 0 bridgehead atoms. The number of rotatable bonds is 22. The van der Waals surface area contributed by atoms with Crippen molar-refractivity contribution in [1.82, 2.24) is 0 Å². The minimum atomic E-state index is -0.899. The van der Waals surface area contributed by atoms with Gasteiger partial charge in [0.2, 0.25) is 0 Å². The first-order valence-electron chi connectivity index (χ1n) is 11.3. The molecule has 0 fully saturated rings. The van der Waals surface area contributed by atoms with Crippen LogP contribution in [0.4, 0.5) is 0 Å². The molecule has 28 heavy (non-hydrogen) atoms. The molecule has 0 saturated carbocycles. The average molecular weight is 435 g/mol. The van der Waals surface area contributed by atoms with Gasteiger partial charge in [0.15, 0.2) is 0 Å². The molecule has 2 N–H and O–H groups in total. The second-order valence-corrected chi connectivity index (χ2v) is 10.2. The molecule has 0 rings (SSSR count). The number of carboxylic acid groups (broad SMARTS) is 2. The third-order valence-corrected chi connectivity index (χ3v) is 7.59. The second kappa shape index (κ2) is 21.4. The van der Waals surface area contributed by atoms with Gasteiger partial charge in [0.05, 0.1) is 0 Å². The number of hydrogen-bond donors (Lipinski definition) is 2. The predicted molar refractivity (Wildman–Crippen MR) is 123 cm³/mol. The van der Waals surface area contributed by atoms with Crippen molar-refractivity contribution in [3.63, 3.8) is 0 Å². The van der Waals surface area contributed by atoms with E-state index < -0.39 is 17.2 Å². The van der Waals surface area contributed by atoms with E-state index in [0.717, 1.165) is 23.6 Å². The van der Waals surface area contributed by atoms with Gasteiger partial charge in [-0.1, -0.05) is 131 Å². The molecule has 0 spiro atoms. The fraction of sp³-hybridized carbons (Fsp3) is 0.909. The Bertz CT molecular complexity index is 378. The zero-order chi connectivity index (χ0) is 20.9. The van der Waals surface area contributed by atoms with E-state index >= 15 is 0 Å². The molecule has 6 heteroatoms. The van der Waals surface area contributed by atoms with Gasteiger partial charge in [-0.2, -0.15) is 0 Å². The highest BCUT2D eigenvalue weighted by Crippen LogP contribution is 2.30. The standard InChI is InChI=1S/C22H42O4S2/c1-2-3-4-5-6-7-8-9-10-11-12-13-14-15-16-17-18-20(22(25)26)28-27-19-21(23)24/h20H,2-19H2,1H3,(H,23,24)(H,25,26). The van der Waals surface area contributed by atoms with Crippen molar-refractivity contribution < 1.29 is 19.8 Å². The topological polar surface area (TPSA) is 74.6 Å². The van der Waals surface area contributed by atoms with Crippen molar-refractivity contribution in [2.24, 2.45) is 0 Å². The maximum Gasteiger partial charge on any atom is 0.317 e. The number of unbranched alkanes of at least 4 members (excludes halogenated alkanes) is 15. The Morgan fingerprint density at radius 3 is 1.43 bits per heavy atom. The normalized spacial score (nSPS) is 12.2. The van der Waals surface area contributed by atoms with Crippen LogP contribution >= 0.6 is 21.6 Å². The molecule has 0 aromatic carbocycles. The zero-order valence-corrected chi connectivity index (χ0v) is 19.5. The van der Waals surface area contributed by atoms with E-state index in [9.17, 15) is 14.7 Å². The van der Waals surface area contributed by atoms with Gasteiger partial charge in [-0.05, 0) is 6.42 Å². The highest BCUT2D eigenvalue weighted by molar-refractivity contribution is 8.77. The van der Waals surface area contributed by atoms with E-state index in [4.69, 9.17) is 5.11 Å². The molecule has 1 unspecified atom stereocenters. The van der Waals surface area contributed by atoms with Crippen molar-refractivity contribution >= 4 is 33.5 Å². The van der Waals surface area contributed by atoms with E-state index in [2.05, 4.69) is 6.92 Å². The molecule has 0 aliphatic heterocycles. The Hall–Kier alpha value is -0.360. The second-order valence-electron chi connectivity index (χ2n) is 7.67. The van der Waals surface area contributed by atoms with Crippen molar-refractivity contribution in [3.8, 4) is 0 Å². The minimum Gasteiger partial charge on any atom is -0.481 e. The minimum absolute atomic E-state index is 0.0482. The van der Waals surface area contributed by atoms with Crippen LogP contribution in [-0.4, -0.2) is 33.2 Å². The summed E-state index contributed by atoms with van der Waals surface area (Å²) in [6.45, 7) is 2.26. The lowest BCUT2D eigenvalue weighted by molar-refractivity contribution is -0.136. The maximum atomic E-state index is 11.2. The van der Waals surface area contributed by atoms with Gasteiger partial charge in [-0.3, -0.25) is 9.59 Å². The lowest BCUT2D eigenvalue weighted by Crippen LogP contribution is -2.15. The van der Waals surface area contributed by atoms with E-state index in [1.165, 1.54) is 101 Å². The van der Waals surface area contributed by atoms with Crippen molar-refractivity contribution in [3.05, 3.63) is 0 Å². The first kappa shape index (κ1) is 27.6. The van der Waals surface area contributed by atoms with Gasteiger partial charge in [0.1, 0.15) is 11.0 Å². The van der Waals surface area contributed by atoms with Crippen LogP contribution in [-0.2, 0) is 9.59 Å². The maximum absolute atomic E-state index is 11.2. The smallest absolute Gasteiger partial charge is 0.317 e. The highest BCUT2D eigenvalue weighted by Gasteiger charge is 2.18. The molecule has 0 radical (unpaired) electrons. The number of carboxylic acids is 2. The fourth-order valence-corrected chi connectivity index (χ4v) is 5.47. The van der Waals surface area contributed by atoms with Crippen molar-refractivity contribution in [1.29, 1.82) is 0 Å². The Labute approximate surface area is 180 Å². The SMILES string of the molecule is CCCCCCCCCCCCCCCCCCC(SSCC(=O)O)C(=O)O. The van der Waals surface area contributed by atoms with Crippen LogP contribution in [0.1, 0.15) is 116 Å². The molecule has 0 heterocycles. The van der Waals surface area contributed by atoms with Gasteiger partial charge in [-0.25, -0.2) is 0 Å². The van der Waals surface area contributed by atoms with Crippen LogP contribution < -0.4 is 0 Å². The van der Waals surface area contributed by atoms with Crippen LogP contribution in [0.2, 0.25) is 0 Å². The van der Waals surface area contributed by atoms with Crippen LogP contribution in [0.3, 0.4) is 0 Å². The summed E-state index contributed by atoms with van der Waals surface area (Å²) in [5.41, 5.74) is 0. The van der Waals surface area contributed by atoms with E-state index in [1.807, 2.05) is 0 Å². The Balaban J connectivity index is 3.33. The molecule has 166 valence electrons. The van der Waals surface area contributed by atoms with Gasteiger partial charge in [0, 0.05) is 0 Å². The third kappa shape index (κ3) is 20.4. The third-order valence-electron chi connectivity index (χ3n) is 4.96. The first-order chi connectivity index (χ1) is 13.6. The fourth-order valence-electron chi connectivity index (χ4n) is 3.26. The zero-order valence-electron chi connectivity index (χ0n) is 17.8. The lowest BCUT2D eigenvalue weighted by Gasteiger charge is -2.10. The molecule has 0 aromatic heterocycles. The van der Waals surface area contributed by atoms with Crippen LogP contribution in [0.25, 0.3) is 0 Å². The van der Waals surface area contributed by atoms with E-state index in [0.29, 0.717) is 6.42 Å². The predicted octanol–water partition coefficient (Wildman–Crippen LogP) is 7.56. The van der Waals surface area contributed by atoms with E-state index in [1.54, 1.807) is 0 Å². The van der Waals surface area contributed by atoms with Crippen LogP contribution in [0.15, 0.2) is 0 Å². The molecule has 0 saturated heterocycles. The molecular weight excluding hydrogens is 392 g/mol. The summed E-state index contributed by atoms with van der Waals surface area (Å²) in [6.07, 6.45) is 21.6. The van der Waals surface area contributed by atoms with Gasteiger partial charge < -0.3 is 10.2 Å². The molecule has 0 aliphatic rings. The molecule has 0 aliphatic carbocycles. The largest absolute Gasteiger partial charge is 0.481 e. The Kier molecular flexibility index (Phi) is 21.1. The Morgan fingerprint density at radius 1 is 0.679 bits per heavy atom. The van der Waals surface area contributed by atoms with Gasteiger partial charge >= 0.3 is 11.9 Å². The van der Waals surface area contributed by atoms with Crippen molar-refractivity contribution in [2.75, 3.05) is 5.75 Å². The quantitative estimate of drug-likeness (QED) is 0.135. The molecule has 1 atom stereocenters. The highest BCUT2D eigenvalue weighted by atomic mass is 33.1.